The van der Waals surface area contributed by atoms with Gasteiger partial charge in [-0.3, -0.25) is 14.9 Å². The second kappa shape index (κ2) is 7.98. The molecule has 0 aliphatic carbocycles. The number of nitrogens with one attached hydrogen (secondary N) is 3. The average molecular weight is 408 g/mol. The number of anilines is 1. The molecule has 1 aliphatic heterocycles. The summed E-state index contributed by atoms with van der Waals surface area (Å²) in [6, 6.07) is 12.3. The molecule has 30 heavy (non-hydrogen) atoms. The van der Waals surface area contributed by atoms with Crippen LogP contribution in [-0.4, -0.2) is 16.9 Å². The molecule has 3 amide bonds. The van der Waals surface area contributed by atoms with Crippen LogP contribution in [0.2, 0.25) is 0 Å². The molecular formula is C22H24N4O4. The van der Waals surface area contributed by atoms with E-state index >= 15 is 0 Å². The monoisotopic (exact) mass is 408 g/mol. The van der Waals surface area contributed by atoms with Gasteiger partial charge in [0.25, 0.3) is 5.69 Å². The number of non-ortho nitro benzene ring substituents is 1. The van der Waals surface area contributed by atoms with Gasteiger partial charge in [-0.1, -0.05) is 57.7 Å². The highest BCUT2D eigenvalue weighted by Crippen LogP contribution is 2.32. The van der Waals surface area contributed by atoms with E-state index in [1.54, 1.807) is 6.07 Å². The van der Waals surface area contributed by atoms with E-state index in [2.05, 4.69) is 43.3 Å². The fraction of sp³-hybridized carbons (Fsp3) is 0.273. The molecule has 0 saturated carbocycles. The molecule has 8 heteroatoms. The number of carbonyl (C=O) groups excluding carboxylic acids is 2. The number of rotatable bonds is 4. The van der Waals surface area contributed by atoms with Crippen LogP contribution in [0.3, 0.4) is 0 Å². The Labute approximate surface area is 174 Å². The van der Waals surface area contributed by atoms with Crippen LogP contribution in [0.1, 0.15) is 37.9 Å². The lowest BCUT2D eigenvalue weighted by molar-refractivity contribution is -0.384. The fourth-order valence-electron chi connectivity index (χ4n) is 3.38. The molecule has 0 bridgehead atoms. The molecule has 1 heterocycles. The summed E-state index contributed by atoms with van der Waals surface area (Å²) in [5.41, 5.74) is 2.28. The zero-order valence-electron chi connectivity index (χ0n) is 17.1. The Morgan fingerprint density at radius 1 is 1.17 bits per heavy atom. The maximum atomic E-state index is 13.0. The zero-order chi connectivity index (χ0) is 22.1. The first-order valence-electron chi connectivity index (χ1n) is 9.48. The Morgan fingerprint density at radius 3 is 2.43 bits per heavy atom. The van der Waals surface area contributed by atoms with Crippen molar-refractivity contribution in [2.45, 2.75) is 32.2 Å². The Balaban J connectivity index is 1.89. The second-order valence-electron chi connectivity index (χ2n) is 8.25. The largest absolute Gasteiger partial charge is 0.330 e. The first-order chi connectivity index (χ1) is 14.1. The molecule has 2 aromatic carbocycles. The lowest BCUT2D eigenvalue weighted by Crippen LogP contribution is -2.51. The van der Waals surface area contributed by atoms with Crippen molar-refractivity contribution >= 4 is 23.3 Å². The highest BCUT2D eigenvalue weighted by atomic mass is 16.6. The van der Waals surface area contributed by atoms with Crippen LogP contribution in [0.25, 0.3) is 0 Å². The van der Waals surface area contributed by atoms with E-state index in [-0.39, 0.29) is 16.8 Å². The number of nitro benzene ring substituents is 1. The summed E-state index contributed by atoms with van der Waals surface area (Å²) < 4.78 is 0. The van der Waals surface area contributed by atoms with Gasteiger partial charge >= 0.3 is 6.03 Å². The normalized spacial score (nSPS) is 18.9. The Morgan fingerprint density at radius 2 is 1.83 bits per heavy atom. The van der Waals surface area contributed by atoms with Crippen LogP contribution in [0.15, 0.2) is 60.8 Å². The summed E-state index contributed by atoms with van der Waals surface area (Å²) in [6.07, 6.45) is 0. The molecule has 8 nitrogen and oxygen atoms in total. The first-order valence-corrected chi connectivity index (χ1v) is 9.48. The minimum absolute atomic E-state index is 0.0295. The maximum absolute atomic E-state index is 13.0. The van der Waals surface area contributed by atoms with E-state index in [9.17, 15) is 19.7 Å². The number of amides is 3. The van der Waals surface area contributed by atoms with Gasteiger partial charge < -0.3 is 16.0 Å². The third-order valence-electron chi connectivity index (χ3n) is 5.01. The molecule has 3 N–H and O–H groups in total. The number of hydrogen-bond acceptors (Lipinski definition) is 4. The van der Waals surface area contributed by atoms with Gasteiger partial charge in [0, 0.05) is 23.5 Å². The number of hydrogen-bond donors (Lipinski definition) is 3. The lowest BCUT2D eigenvalue weighted by Gasteiger charge is -2.34. The minimum atomic E-state index is -0.803. The number of nitrogens with zero attached hydrogens (tertiary/aromatic N) is 1. The number of carbonyl (C=O) groups is 2. The third kappa shape index (κ3) is 4.48. The summed E-state index contributed by atoms with van der Waals surface area (Å²) in [6.45, 7) is 10.2. The van der Waals surface area contributed by atoms with Crippen LogP contribution in [0.5, 0.6) is 0 Å². The van der Waals surface area contributed by atoms with Crippen molar-refractivity contribution in [1.29, 1.82) is 0 Å². The average Bonchev–Trinajstić information content (AvgIpc) is 2.66. The lowest BCUT2D eigenvalue weighted by atomic mass is 9.84. The van der Waals surface area contributed by atoms with Gasteiger partial charge in [0.15, 0.2) is 0 Å². The Bertz CT molecular complexity index is 1010. The third-order valence-corrected chi connectivity index (χ3v) is 5.01. The van der Waals surface area contributed by atoms with E-state index in [0.29, 0.717) is 5.69 Å². The summed E-state index contributed by atoms with van der Waals surface area (Å²) >= 11 is 0. The first kappa shape index (κ1) is 21.0. The zero-order valence-corrected chi connectivity index (χ0v) is 17.1. The van der Waals surface area contributed by atoms with Crippen LogP contribution in [-0.2, 0) is 10.2 Å². The summed E-state index contributed by atoms with van der Waals surface area (Å²) in [4.78, 5) is 35.5. The van der Waals surface area contributed by atoms with Crippen LogP contribution in [0, 0.1) is 16.0 Å². The molecule has 3 rings (SSSR count). The number of benzene rings is 2. The highest BCUT2D eigenvalue weighted by molar-refractivity contribution is 5.97. The molecule has 2 atom stereocenters. The van der Waals surface area contributed by atoms with E-state index < -0.39 is 28.8 Å². The summed E-state index contributed by atoms with van der Waals surface area (Å²) in [5.74, 6) is -1.24. The van der Waals surface area contributed by atoms with Crippen molar-refractivity contribution in [2.75, 3.05) is 5.32 Å². The molecule has 0 aromatic heterocycles. The predicted molar refractivity (Wildman–Crippen MR) is 114 cm³/mol. The van der Waals surface area contributed by atoms with Crippen molar-refractivity contribution < 1.29 is 14.5 Å². The molecule has 2 aromatic rings. The van der Waals surface area contributed by atoms with Crippen molar-refractivity contribution in [3.63, 3.8) is 0 Å². The molecule has 1 fully saturated rings. The standard InChI is InChI=1S/C22H24N4O4/c1-13-18(20(27)24-16-6-5-7-17(12-16)26(29)30)19(25-21(28)23-13)14-8-10-15(11-9-14)22(2,3)4/h5-12,18-19H,1H2,2-4H3,(H,24,27)(H2,23,25,28)/t18-,19+/m0/s1. The molecule has 0 radical (unpaired) electrons. The van der Waals surface area contributed by atoms with Crippen LogP contribution < -0.4 is 16.0 Å². The topological polar surface area (TPSA) is 113 Å². The van der Waals surface area contributed by atoms with Crippen molar-refractivity contribution in [3.8, 4) is 0 Å². The van der Waals surface area contributed by atoms with Gasteiger partial charge in [-0.2, -0.15) is 0 Å². The van der Waals surface area contributed by atoms with Crippen LogP contribution in [0.4, 0.5) is 16.2 Å². The van der Waals surface area contributed by atoms with Gasteiger partial charge in [-0.25, -0.2) is 4.79 Å². The van der Waals surface area contributed by atoms with E-state index in [1.807, 2.05) is 24.3 Å². The molecule has 1 aliphatic rings. The smallest absolute Gasteiger partial charge is 0.319 e. The van der Waals surface area contributed by atoms with Gasteiger partial charge in [0.1, 0.15) is 5.92 Å². The maximum Gasteiger partial charge on any atom is 0.319 e. The van der Waals surface area contributed by atoms with Crippen molar-refractivity contribution in [2.24, 2.45) is 5.92 Å². The van der Waals surface area contributed by atoms with Crippen molar-refractivity contribution in [1.82, 2.24) is 10.6 Å². The predicted octanol–water partition coefficient (Wildman–Crippen LogP) is 4.01. The summed E-state index contributed by atoms with van der Waals surface area (Å²) in [7, 11) is 0. The second-order valence-corrected chi connectivity index (χ2v) is 8.25. The Hall–Kier alpha value is -3.68. The molecule has 1 saturated heterocycles. The van der Waals surface area contributed by atoms with Gasteiger partial charge in [-0.15, -0.1) is 0 Å². The van der Waals surface area contributed by atoms with Crippen molar-refractivity contribution in [3.05, 3.63) is 82.0 Å². The van der Waals surface area contributed by atoms with E-state index in [1.165, 1.54) is 18.2 Å². The van der Waals surface area contributed by atoms with Crippen LogP contribution >= 0.6 is 0 Å². The van der Waals surface area contributed by atoms with E-state index in [4.69, 9.17) is 0 Å². The number of nitro groups is 1. The summed E-state index contributed by atoms with van der Waals surface area (Å²) in [5, 5.41) is 19.0. The minimum Gasteiger partial charge on any atom is -0.330 e. The Kier molecular flexibility index (Phi) is 5.60. The quantitative estimate of drug-likeness (QED) is 0.524. The fourth-order valence-corrected chi connectivity index (χ4v) is 3.38. The van der Waals surface area contributed by atoms with Gasteiger partial charge in [-0.05, 0) is 22.6 Å². The van der Waals surface area contributed by atoms with E-state index in [0.717, 1.165) is 11.1 Å². The molecule has 156 valence electrons. The van der Waals surface area contributed by atoms with Gasteiger partial charge in [0.05, 0.1) is 11.0 Å². The molecular weight excluding hydrogens is 384 g/mol. The SMILES string of the molecule is C=C1NC(=O)N[C@H](c2ccc(C(C)(C)C)cc2)[C@H]1C(=O)Nc1cccc([N+](=O)[O-])c1. The number of urea groups is 1. The van der Waals surface area contributed by atoms with Gasteiger partial charge in [0.2, 0.25) is 5.91 Å². The highest BCUT2D eigenvalue weighted by Gasteiger charge is 2.38. The molecule has 0 unspecified atom stereocenters. The molecule has 0 spiro atoms.